The molecule has 0 fully saturated rings. The summed E-state index contributed by atoms with van der Waals surface area (Å²) in [7, 11) is 1.49. The molecule has 6 heteroatoms. The number of ether oxygens (including phenoxy) is 1. The van der Waals surface area contributed by atoms with E-state index in [1.54, 1.807) is 12.1 Å². The highest BCUT2D eigenvalue weighted by atomic mass is 32.1. The molecule has 0 atom stereocenters. The van der Waals surface area contributed by atoms with Crippen molar-refractivity contribution in [1.82, 2.24) is 5.06 Å². The number of benzene rings is 1. The minimum Gasteiger partial charge on any atom is -0.504 e. The Bertz CT molecular complexity index is 482. The number of hydrogen-bond donors (Lipinski definition) is 2. The molecule has 0 aromatic heterocycles. The molecule has 23 heavy (non-hydrogen) atoms. The summed E-state index contributed by atoms with van der Waals surface area (Å²) >= 11 is 3.85. The molecule has 1 aromatic rings. The van der Waals surface area contributed by atoms with Gasteiger partial charge in [0.1, 0.15) is 6.61 Å². The fourth-order valence-corrected chi connectivity index (χ4v) is 2.37. The van der Waals surface area contributed by atoms with E-state index < -0.39 is 5.24 Å². The van der Waals surface area contributed by atoms with Crippen molar-refractivity contribution in [3.63, 3.8) is 0 Å². The first-order chi connectivity index (χ1) is 11.1. The van der Waals surface area contributed by atoms with Gasteiger partial charge < -0.3 is 9.84 Å². The normalized spacial score (nSPS) is 10.6. The second kappa shape index (κ2) is 11.2. The Kier molecular flexibility index (Phi) is 9.55. The van der Waals surface area contributed by atoms with E-state index in [0.717, 1.165) is 18.4 Å². The molecule has 0 aliphatic rings. The summed E-state index contributed by atoms with van der Waals surface area (Å²) < 4.78 is 5.05. The number of aromatic hydroxyl groups is 1. The van der Waals surface area contributed by atoms with E-state index in [2.05, 4.69) is 19.6 Å². The van der Waals surface area contributed by atoms with Gasteiger partial charge in [-0.25, -0.2) is 5.06 Å². The predicted octanol–water partition coefficient (Wildman–Crippen LogP) is 4.54. The van der Waals surface area contributed by atoms with Crippen LogP contribution >= 0.6 is 12.6 Å². The molecular weight excluding hydrogens is 314 g/mol. The summed E-state index contributed by atoms with van der Waals surface area (Å²) in [5.74, 6) is 0.455. The summed E-state index contributed by atoms with van der Waals surface area (Å²) in [6, 6.07) is 4.95. The van der Waals surface area contributed by atoms with Crippen LogP contribution in [0.1, 0.15) is 51.0 Å². The molecule has 0 saturated heterocycles. The van der Waals surface area contributed by atoms with Crippen LogP contribution in [0.5, 0.6) is 11.5 Å². The van der Waals surface area contributed by atoms with Crippen LogP contribution in [0.15, 0.2) is 18.2 Å². The fraction of sp³-hybridized carbons (Fsp3) is 0.588. The zero-order chi connectivity index (χ0) is 17.1. The van der Waals surface area contributed by atoms with Crippen LogP contribution in [-0.4, -0.2) is 29.1 Å². The third-order valence-electron chi connectivity index (χ3n) is 3.56. The van der Waals surface area contributed by atoms with Gasteiger partial charge in [-0.3, -0.25) is 9.63 Å². The van der Waals surface area contributed by atoms with Crippen molar-refractivity contribution < 1.29 is 19.5 Å². The van der Waals surface area contributed by atoms with E-state index in [-0.39, 0.29) is 12.4 Å². The fourth-order valence-electron chi connectivity index (χ4n) is 2.22. The molecule has 130 valence electrons. The molecule has 1 aromatic carbocycles. The van der Waals surface area contributed by atoms with Gasteiger partial charge in [-0.05, 0) is 24.1 Å². The number of phenolic OH excluding ortho intramolecular Hbond substituents is 1. The Balaban J connectivity index is 2.39. The summed E-state index contributed by atoms with van der Waals surface area (Å²) in [5, 5.41) is 10.4. The first-order valence-electron chi connectivity index (χ1n) is 8.07. The Morgan fingerprint density at radius 2 is 1.91 bits per heavy atom. The maximum Gasteiger partial charge on any atom is 0.302 e. The van der Waals surface area contributed by atoms with E-state index in [1.807, 2.05) is 0 Å². The number of rotatable bonds is 11. The highest BCUT2D eigenvalue weighted by Crippen LogP contribution is 2.26. The molecule has 0 unspecified atom stereocenters. The van der Waals surface area contributed by atoms with Gasteiger partial charge in [0.15, 0.2) is 11.5 Å². The molecule has 0 radical (unpaired) electrons. The number of hydroxylamine groups is 2. The van der Waals surface area contributed by atoms with E-state index in [9.17, 15) is 9.90 Å². The Labute approximate surface area is 143 Å². The molecule has 0 heterocycles. The monoisotopic (exact) mass is 341 g/mol. The summed E-state index contributed by atoms with van der Waals surface area (Å²) in [4.78, 5) is 17.0. The number of thiol groups is 1. The maximum atomic E-state index is 11.5. The summed E-state index contributed by atoms with van der Waals surface area (Å²) in [5.41, 5.74) is 0.808. The zero-order valence-corrected chi connectivity index (χ0v) is 14.8. The van der Waals surface area contributed by atoms with Gasteiger partial charge in [-0.1, -0.05) is 57.7 Å². The number of carbonyl (C=O) groups is 1. The highest BCUT2D eigenvalue weighted by Gasteiger charge is 2.11. The lowest BCUT2D eigenvalue weighted by Gasteiger charge is -2.20. The van der Waals surface area contributed by atoms with Gasteiger partial charge in [-0.15, -0.1) is 0 Å². The summed E-state index contributed by atoms with van der Waals surface area (Å²) in [6.45, 7) is 2.94. The Hall–Kier alpha value is -1.40. The molecule has 1 N–H and O–H groups in total. The summed E-state index contributed by atoms with van der Waals surface area (Å²) in [6.07, 6.45) is 6.87. The molecule has 0 aliphatic carbocycles. The van der Waals surface area contributed by atoms with E-state index in [1.165, 1.54) is 43.9 Å². The van der Waals surface area contributed by atoms with Gasteiger partial charge >= 0.3 is 5.24 Å². The van der Waals surface area contributed by atoms with Crippen molar-refractivity contribution in [1.29, 1.82) is 0 Å². The number of carbonyl (C=O) groups excluding carboxylic acids is 1. The molecule has 0 saturated carbocycles. The lowest BCUT2D eigenvalue weighted by atomic mass is 10.1. The molecule has 0 spiro atoms. The lowest BCUT2D eigenvalue weighted by Crippen LogP contribution is -2.27. The maximum absolute atomic E-state index is 11.5. The van der Waals surface area contributed by atoms with Crippen LogP contribution in [-0.2, 0) is 11.4 Å². The minimum absolute atomic E-state index is 0.0745. The number of unbranched alkanes of at least 4 members (excludes halogenated alkanes) is 5. The Morgan fingerprint density at radius 3 is 2.57 bits per heavy atom. The average molecular weight is 341 g/mol. The van der Waals surface area contributed by atoms with Crippen molar-refractivity contribution in [2.75, 3.05) is 13.7 Å². The quantitative estimate of drug-likeness (QED) is 0.352. The van der Waals surface area contributed by atoms with E-state index in [4.69, 9.17) is 9.57 Å². The van der Waals surface area contributed by atoms with E-state index in [0.29, 0.717) is 12.3 Å². The standard InChI is InChI=1S/C17H27NO4S/c1-3-4-5-6-7-8-11-18(17(20)23)22-13-14-9-10-15(19)16(12-14)21-2/h9-10,12,19H,3-8,11,13H2,1-2H3,(H,20,23). The smallest absolute Gasteiger partial charge is 0.302 e. The van der Waals surface area contributed by atoms with Crippen LogP contribution in [0.2, 0.25) is 0 Å². The third-order valence-corrected chi connectivity index (χ3v) is 3.78. The second-order valence-electron chi connectivity index (χ2n) is 5.43. The molecule has 1 rings (SSSR count). The van der Waals surface area contributed by atoms with Crippen molar-refractivity contribution in [3.05, 3.63) is 23.8 Å². The van der Waals surface area contributed by atoms with Gasteiger partial charge in [0.25, 0.3) is 0 Å². The van der Waals surface area contributed by atoms with Gasteiger partial charge in [0.05, 0.1) is 7.11 Å². The number of amides is 1. The Morgan fingerprint density at radius 1 is 1.22 bits per heavy atom. The first-order valence-corrected chi connectivity index (χ1v) is 8.52. The van der Waals surface area contributed by atoms with Crippen LogP contribution in [0.4, 0.5) is 4.79 Å². The highest BCUT2D eigenvalue weighted by molar-refractivity contribution is 7.96. The number of phenols is 1. The average Bonchev–Trinajstić information content (AvgIpc) is 2.54. The minimum atomic E-state index is -0.399. The van der Waals surface area contributed by atoms with Crippen LogP contribution in [0, 0.1) is 0 Å². The van der Waals surface area contributed by atoms with E-state index >= 15 is 0 Å². The zero-order valence-electron chi connectivity index (χ0n) is 14.0. The van der Waals surface area contributed by atoms with Gasteiger partial charge in [-0.2, -0.15) is 0 Å². The third kappa shape index (κ3) is 7.61. The van der Waals surface area contributed by atoms with Crippen LogP contribution < -0.4 is 4.74 Å². The van der Waals surface area contributed by atoms with Crippen molar-refractivity contribution in [3.8, 4) is 11.5 Å². The second-order valence-corrected chi connectivity index (χ2v) is 5.81. The van der Waals surface area contributed by atoms with Crippen molar-refractivity contribution >= 4 is 17.9 Å². The SMILES string of the molecule is CCCCCCCCN(OCc1ccc(O)c(OC)c1)C(=O)S. The molecule has 0 aliphatic heterocycles. The molecule has 1 amide bonds. The predicted molar refractivity (Wildman–Crippen MR) is 93.9 cm³/mol. The largest absolute Gasteiger partial charge is 0.504 e. The molecule has 5 nitrogen and oxygen atoms in total. The topological polar surface area (TPSA) is 59.0 Å². The van der Waals surface area contributed by atoms with Crippen molar-refractivity contribution in [2.24, 2.45) is 0 Å². The van der Waals surface area contributed by atoms with Gasteiger partial charge in [0, 0.05) is 6.54 Å². The van der Waals surface area contributed by atoms with Crippen LogP contribution in [0.3, 0.4) is 0 Å². The molecular formula is C17H27NO4S. The lowest BCUT2D eigenvalue weighted by molar-refractivity contribution is -0.120. The van der Waals surface area contributed by atoms with Crippen LogP contribution in [0.25, 0.3) is 0 Å². The van der Waals surface area contributed by atoms with Crippen molar-refractivity contribution in [2.45, 2.75) is 52.1 Å². The van der Waals surface area contributed by atoms with Gasteiger partial charge in [0.2, 0.25) is 0 Å². The number of methoxy groups -OCH3 is 1. The number of nitrogens with zero attached hydrogens (tertiary/aromatic N) is 1. The number of hydrogen-bond acceptors (Lipinski definition) is 4. The molecule has 0 bridgehead atoms. The first kappa shape index (κ1) is 19.6.